The fourth-order valence-electron chi connectivity index (χ4n) is 1.52. The van der Waals surface area contributed by atoms with Gasteiger partial charge in [-0.2, -0.15) is 0 Å². The van der Waals surface area contributed by atoms with Gasteiger partial charge in [-0.15, -0.1) is 13.2 Å². The quantitative estimate of drug-likeness (QED) is 0.547. The third kappa shape index (κ3) is 1.60. The summed E-state index contributed by atoms with van der Waals surface area (Å²) < 4.78 is 38.5. The van der Waals surface area contributed by atoms with Crippen LogP contribution in [0.25, 0.3) is 10.1 Å². The minimum absolute atomic E-state index is 0.0714. The Kier molecular flexibility index (Phi) is 2.67. The predicted molar refractivity (Wildman–Crippen MR) is 58.1 cm³/mol. The van der Waals surface area contributed by atoms with Crippen molar-refractivity contribution in [3.63, 3.8) is 0 Å². The lowest BCUT2D eigenvalue weighted by Crippen LogP contribution is -1.97. The predicted octanol–water partition coefficient (Wildman–Crippen LogP) is 4.53. The van der Waals surface area contributed by atoms with Gasteiger partial charge in [-0.05, 0) is 12.1 Å². The molecule has 6 heteroatoms. The Morgan fingerprint density at radius 3 is 2.44 bits per heavy atom. The molecule has 0 fully saturated rings. The van der Waals surface area contributed by atoms with Gasteiger partial charge in [0.25, 0.3) is 0 Å². The van der Waals surface area contributed by atoms with E-state index >= 15 is 0 Å². The second kappa shape index (κ2) is 3.75. The maximum atomic E-state index is 12.8. The highest BCUT2D eigenvalue weighted by molar-refractivity contribution is 7.39. The molecule has 1 unspecified atom stereocenters. The molecule has 1 nitrogen and oxygen atoms in total. The topological polar surface area (TPSA) is 17.1 Å². The van der Waals surface area contributed by atoms with Crippen LogP contribution in [0.3, 0.4) is 0 Å². The van der Waals surface area contributed by atoms with Crippen molar-refractivity contribution >= 4 is 38.4 Å². The number of thiophene rings is 1. The highest BCUT2D eigenvalue weighted by Crippen LogP contribution is 2.53. The molecule has 1 atom stereocenters. The smallest absolute Gasteiger partial charge is 0.292 e. The van der Waals surface area contributed by atoms with E-state index in [2.05, 4.69) is 0 Å². The Hall–Kier alpha value is -1.07. The largest absolute Gasteiger partial charge is 0.601 e. The molecule has 1 heterocycles. The summed E-state index contributed by atoms with van der Waals surface area (Å²) in [6.07, 6.45) is 0.193. The first-order chi connectivity index (χ1) is 7.46. The average molecular weight is 266 g/mol. The molecule has 2 aromatic rings. The average Bonchev–Trinajstić information content (AvgIpc) is 2.51. The highest BCUT2D eigenvalue weighted by atomic mass is 35.5. The molecule has 0 radical (unpaired) electrons. The van der Waals surface area contributed by atoms with Crippen molar-refractivity contribution in [2.24, 2.45) is 0 Å². The van der Waals surface area contributed by atoms with Gasteiger partial charge in [-0.25, -0.2) is 0 Å². The van der Waals surface area contributed by atoms with Gasteiger partial charge in [0.05, 0.1) is 5.39 Å². The second-order valence-electron chi connectivity index (χ2n) is 3.04. The van der Waals surface area contributed by atoms with Crippen LogP contribution in [0.15, 0.2) is 24.3 Å². The van der Waals surface area contributed by atoms with Gasteiger partial charge in [-0.3, -0.25) is 4.79 Å². The Morgan fingerprint density at radius 1 is 1.25 bits per heavy atom. The van der Waals surface area contributed by atoms with Gasteiger partial charge >= 0.3 is 5.51 Å². The summed E-state index contributed by atoms with van der Waals surface area (Å²) in [7, 11) is -2.21. The third-order valence-corrected chi connectivity index (χ3v) is 4.64. The van der Waals surface area contributed by atoms with E-state index in [0.717, 1.165) is 0 Å². The van der Waals surface area contributed by atoms with Gasteiger partial charge in [-0.1, -0.05) is 23.7 Å². The van der Waals surface area contributed by atoms with Crippen LogP contribution < -0.4 is 0 Å². The van der Waals surface area contributed by atoms with Crippen LogP contribution in [0.4, 0.5) is 13.2 Å². The zero-order chi connectivity index (χ0) is 11.9. The van der Waals surface area contributed by atoms with Crippen LogP contribution in [0, 0.1) is 0 Å². The molecule has 0 aliphatic rings. The maximum Gasteiger partial charge on any atom is 0.601 e. The van der Waals surface area contributed by atoms with Gasteiger partial charge in [0.2, 0.25) is 11.2 Å². The van der Waals surface area contributed by atoms with Crippen molar-refractivity contribution in [2.75, 3.05) is 0 Å². The Balaban J connectivity index is 2.95. The molecular formula is C10H5ClF3OS+. The Morgan fingerprint density at radius 2 is 1.88 bits per heavy atom. The molecule has 0 aliphatic carbocycles. The van der Waals surface area contributed by atoms with E-state index in [-0.39, 0.29) is 20.9 Å². The lowest BCUT2D eigenvalue weighted by molar-refractivity contribution is -0.0866. The van der Waals surface area contributed by atoms with Crippen LogP contribution in [-0.2, 0) is 5.51 Å². The number of hydrogen-bond donors (Lipinski definition) is 0. The first-order valence-electron chi connectivity index (χ1n) is 4.22. The van der Waals surface area contributed by atoms with Crippen molar-refractivity contribution in [3.8, 4) is 0 Å². The molecule has 1 aromatic heterocycles. The van der Waals surface area contributed by atoms with Crippen molar-refractivity contribution in [3.05, 3.63) is 34.2 Å². The van der Waals surface area contributed by atoms with Gasteiger partial charge in [0, 0.05) is 0 Å². The number of carbonyl (C=O) groups excluding carboxylic acids is 1. The Bertz CT molecular complexity index is 559. The fraction of sp³-hybridized carbons (Fsp3) is 0.100. The molecule has 0 N–H and O–H groups in total. The highest BCUT2D eigenvalue weighted by Gasteiger charge is 2.49. The second-order valence-corrected chi connectivity index (χ2v) is 5.38. The van der Waals surface area contributed by atoms with Gasteiger partial charge < -0.3 is 0 Å². The number of alkyl halides is 3. The summed E-state index contributed by atoms with van der Waals surface area (Å²) in [5.74, 6) is 0. The minimum atomic E-state index is -4.47. The molecule has 0 aliphatic heterocycles. The van der Waals surface area contributed by atoms with Crippen molar-refractivity contribution in [1.82, 2.24) is 0 Å². The van der Waals surface area contributed by atoms with Crippen molar-refractivity contribution in [1.29, 1.82) is 0 Å². The molecule has 0 bridgehead atoms. The van der Waals surface area contributed by atoms with Crippen LogP contribution in [0.2, 0.25) is 5.02 Å². The zero-order valence-corrected chi connectivity index (χ0v) is 9.29. The van der Waals surface area contributed by atoms with Crippen LogP contribution in [0.5, 0.6) is 0 Å². The molecular weight excluding hydrogens is 261 g/mol. The van der Waals surface area contributed by atoms with Gasteiger partial charge in [0.1, 0.15) is 15.5 Å². The number of hydrogen-bond acceptors (Lipinski definition) is 1. The zero-order valence-electron chi connectivity index (χ0n) is 7.72. The van der Waals surface area contributed by atoms with E-state index < -0.39 is 16.0 Å². The summed E-state index contributed by atoms with van der Waals surface area (Å²) in [5.41, 5.74) is -4.47. The lowest BCUT2D eigenvalue weighted by atomic mass is 10.2. The summed E-state index contributed by atoms with van der Waals surface area (Å²) in [6, 6.07) is 5.93. The molecule has 84 valence electrons. The van der Waals surface area contributed by atoms with Crippen molar-refractivity contribution in [2.45, 2.75) is 5.51 Å². The molecule has 2 rings (SSSR count). The number of rotatable bonds is 1. The molecule has 0 saturated carbocycles. The number of benzene rings is 1. The molecule has 0 spiro atoms. The van der Waals surface area contributed by atoms with E-state index in [1.54, 1.807) is 6.07 Å². The number of carbonyl (C=O) groups is 1. The molecule has 0 amide bonds. The van der Waals surface area contributed by atoms with E-state index in [9.17, 15) is 18.0 Å². The summed E-state index contributed by atoms with van der Waals surface area (Å²) in [5, 5.41) is 0.207. The van der Waals surface area contributed by atoms with Crippen molar-refractivity contribution < 1.29 is 18.0 Å². The summed E-state index contributed by atoms with van der Waals surface area (Å²) in [4.78, 5) is 10.3. The lowest BCUT2D eigenvalue weighted by Gasteiger charge is -1.95. The molecule has 0 saturated heterocycles. The van der Waals surface area contributed by atoms with E-state index in [1.807, 2.05) is 0 Å². The number of fused-ring (bicyclic) bond motifs is 1. The first-order valence-corrected chi connectivity index (χ1v) is 5.82. The third-order valence-electron chi connectivity index (χ3n) is 2.12. The minimum Gasteiger partial charge on any atom is -0.292 e. The fourth-order valence-corrected chi connectivity index (χ4v) is 3.74. The van der Waals surface area contributed by atoms with Crippen LogP contribution in [0.1, 0.15) is 9.67 Å². The summed E-state index contributed by atoms with van der Waals surface area (Å²) >= 11 is 5.76. The standard InChI is InChI=1S/C10H5ClF3OS/c11-9-6-3-1-2-4-7(6)16(8(9)5-15)10(12,13)14/h1-5H/q+1. The van der Waals surface area contributed by atoms with E-state index in [4.69, 9.17) is 11.6 Å². The van der Waals surface area contributed by atoms with Crippen LogP contribution >= 0.6 is 22.1 Å². The van der Waals surface area contributed by atoms with E-state index in [0.29, 0.717) is 5.39 Å². The SMILES string of the molecule is O=Cc1c(Cl)c2ccccc2[s+]1C(F)(F)F. The summed E-state index contributed by atoms with van der Waals surface area (Å²) in [6.45, 7) is 0. The van der Waals surface area contributed by atoms with Crippen LogP contribution in [-0.4, -0.2) is 6.29 Å². The molecule has 16 heavy (non-hydrogen) atoms. The Labute approximate surface area is 96.4 Å². The first kappa shape index (κ1) is 11.4. The monoisotopic (exact) mass is 265 g/mol. The normalized spacial score (nSPS) is 13.1. The maximum absolute atomic E-state index is 12.8. The molecule has 1 aromatic carbocycles. The number of halogens is 4. The van der Waals surface area contributed by atoms with E-state index in [1.165, 1.54) is 18.2 Å². The number of aldehydes is 1. The van der Waals surface area contributed by atoms with Gasteiger partial charge in [0.15, 0.2) is 4.70 Å².